The maximum atomic E-state index is 12.6. The van der Waals surface area contributed by atoms with Crippen LogP contribution in [0.1, 0.15) is 53.4 Å². The van der Waals surface area contributed by atoms with E-state index in [4.69, 9.17) is 0 Å². The minimum Gasteiger partial charge on any atom is -0.342 e. The summed E-state index contributed by atoms with van der Waals surface area (Å²) in [7, 11) is 0. The molecule has 0 spiro atoms. The second-order valence-corrected chi connectivity index (χ2v) is 6.20. The van der Waals surface area contributed by atoms with Crippen molar-refractivity contribution in [2.75, 3.05) is 26.2 Å². The van der Waals surface area contributed by atoms with E-state index in [1.165, 1.54) is 12.8 Å². The first kappa shape index (κ1) is 15.5. The van der Waals surface area contributed by atoms with Crippen molar-refractivity contribution >= 4 is 5.91 Å². The molecule has 18 heavy (non-hydrogen) atoms. The zero-order valence-corrected chi connectivity index (χ0v) is 12.6. The lowest BCUT2D eigenvalue weighted by Crippen LogP contribution is -2.46. The van der Waals surface area contributed by atoms with Gasteiger partial charge in [-0.1, -0.05) is 27.7 Å². The van der Waals surface area contributed by atoms with E-state index in [0.29, 0.717) is 11.8 Å². The Bertz CT molecular complexity index is 257. The molecule has 106 valence electrons. The third kappa shape index (κ3) is 4.27. The largest absolute Gasteiger partial charge is 0.342 e. The number of carbonyl (C=O) groups excluding carboxylic acids is 1. The van der Waals surface area contributed by atoms with Gasteiger partial charge in [0.1, 0.15) is 0 Å². The molecule has 1 rings (SSSR count). The lowest BCUT2D eigenvalue weighted by molar-refractivity contribution is -0.141. The predicted octanol–water partition coefficient (Wildman–Crippen LogP) is 2.66. The van der Waals surface area contributed by atoms with Gasteiger partial charge in [0.25, 0.3) is 0 Å². The molecule has 0 radical (unpaired) electrons. The SMILES string of the molecule is CCCN(CC1CCCNC1)C(=O)C(C)(C)CC. The number of hydrogen-bond donors (Lipinski definition) is 1. The van der Waals surface area contributed by atoms with Crippen molar-refractivity contribution in [2.45, 2.75) is 53.4 Å². The molecule has 0 bridgehead atoms. The van der Waals surface area contributed by atoms with Crippen LogP contribution in [-0.4, -0.2) is 37.0 Å². The molecule has 1 N–H and O–H groups in total. The Kier molecular flexibility index (Phi) is 6.13. The van der Waals surface area contributed by atoms with Crippen LogP contribution < -0.4 is 5.32 Å². The van der Waals surface area contributed by atoms with Crippen LogP contribution in [0, 0.1) is 11.3 Å². The summed E-state index contributed by atoms with van der Waals surface area (Å²) in [6.45, 7) is 12.4. The van der Waals surface area contributed by atoms with Crippen LogP contribution in [-0.2, 0) is 4.79 Å². The highest BCUT2D eigenvalue weighted by molar-refractivity contribution is 5.81. The fourth-order valence-corrected chi connectivity index (χ4v) is 2.52. The first-order valence-corrected chi connectivity index (χ1v) is 7.51. The third-order valence-electron chi connectivity index (χ3n) is 4.12. The van der Waals surface area contributed by atoms with Gasteiger partial charge in [-0.3, -0.25) is 4.79 Å². The lowest BCUT2D eigenvalue weighted by atomic mass is 9.87. The van der Waals surface area contributed by atoms with Gasteiger partial charge in [0.15, 0.2) is 0 Å². The molecular formula is C15H30N2O. The molecule has 1 unspecified atom stereocenters. The summed E-state index contributed by atoms with van der Waals surface area (Å²) in [5.74, 6) is 0.972. The second kappa shape index (κ2) is 7.13. The van der Waals surface area contributed by atoms with E-state index in [9.17, 15) is 4.79 Å². The average molecular weight is 254 g/mol. The van der Waals surface area contributed by atoms with Gasteiger partial charge in [-0.15, -0.1) is 0 Å². The molecule has 3 heteroatoms. The van der Waals surface area contributed by atoms with Gasteiger partial charge in [0.05, 0.1) is 0 Å². The first-order valence-electron chi connectivity index (χ1n) is 7.51. The van der Waals surface area contributed by atoms with E-state index in [0.717, 1.165) is 39.0 Å². The van der Waals surface area contributed by atoms with E-state index in [1.54, 1.807) is 0 Å². The number of rotatable bonds is 6. The van der Waals surface area contributed by atoms with Crippen LogP contribution in [0.25, 0.3) is 0 Å². The van der Waals surface area contributed by atoms with Gasteiger partial charge < -0.3 is 10.2 Å². The molecule has 1 amide bonds. The van der Waals surface area contributed by atoms with Gasteiger partial charge in [-0.05, 0) is 44.7 Å². The van der Waals surface area contributed by atoms with Gasteiger partial charge in [-0.2, -0.15) is 0 Å². The lowest BCUT2D eigenvalue weighted by Gasteiger charge is -2.35. The number of nitrogens with one attached hydrogen (secondary N) is 1. The van der Waals surface area contributed by atoms with Gasteiger partial charge in [0, 0.05) is 18.5 Å². The molecule has 0 aromatic heterocycles. The zero-order valence-electron chi connectivity index (χ0n) is 12.6. The van der Waals surface area contributed by atoms with Crippen molar-refractivity contribution in [3.63, 3.8) is 0 Å². The van der Waals surface area contributed by atoms with Gasteiger partial charge >= 0.3 is 0 Å². The topological polar surface area (TPSA) is 32.3 Å². The van der Waals surface area contributed by atoms with Crippen LogP contribution >= 0.6 is 0 Å². The molecule has 0 saturated carbocycles. The standard InChI is InChI=1S/C15H30N2O/c1-5-10-17(14(18)15(3,4)6-2)12-13-8-7-9-16-11-13/h13,16H,5-12H2,1-4H3. The van der Waals surface area contributed by atoms with E-state index in [2.05, 4.69) is 37.9 Å². The summed E-state index contributed by atoms with van der Waals surface area (Å²) in [5.41, 5.74) is -0.211. The monoisotopic (exact) mass is 254 g/mol. The highest BCUT2D eigenvalue weighted by Crippen LogP contribution is 2.24. The molecule has 1 aliphatic heterocycles. The van der Waals surface area contributed by atoms with Crippen LogP contribution in [0.4, 0.5) is 0 Å². The maximum absolute atomic E-state index is 12.6. The Labute approximate surface area is 112 Å². The van der Waals surface area contributed by atoms with Gasteiger partial charge in [-0.25, -0.2) is 0 Å². The number of hydrogen-bond acceptors (Lipinski definition) is 2. The van der Waals surface area contributed by atoms with Crippen LogP contribution in [0.2, 0.25) is 0 Å². The normalized spacial score (nSPS) is 20.8. The molecular weight excluding hydrogens is 224 g/mol. The minimum absolute atomic E-state index is 0.211. The molecule has 1 atom stereocenters. The van der Waals surface area contributed by atoms with Crippen LogP contribution in [0.15, 0.2) is 0 Å². The highest BCUT2D eigenvalue weighted by Gasteiger charge is 2.31. The summed E-state index contributed by atoms with van der Waals surface area (Å²) in [4.78, 5) is 14.7. The summed E-state index contributed by atoms with van der Waals surface area (Å²) < 4.78 is 0. The molecule has 0 aliphatic carbocycles. The number of nitrogens with zero attached hydrogens (tertiary/aromatic N) is 1. The maximum Gasteiger partial charge on any atom is 0.228 e. The Hall–Kier alpha value is -0.570. The van der Waals surface area contributed by atoms with E-state index >= 15 is 0 Å². The Morgan fingerprint density at radius 2 is 2.11 bits per heavy atom. The summed E-state index contributed by atoms with van der Waals surface area (Å²) >= 11 is 0. The highest BCUT2D eigenvalue weighted by atomic mass is 16.2. The van der Waals surface area contributed by atoms with E-state index in [1.807, 2.05) is 0 Å². The third-order valence-corrected chi connectivity index (χ3v) is 4.12. The van der Waals surface area contributed by atoms with Crippen LogP contribution in [0.5, 0.6) is 0 Å². The fourth-order valence-electron chi connectivity index (χ4n) is 2.52. The van der Waals surface area contributed by atoms with Crippen molar-refractivity contribution in [3.8, 4) is 0 Å². The molecule has 1 saturated heterocycles. The first-order chi connectivity index (χ1) is 8.51. The predicted molar refractivity (Wildman–Crippen MR) is 76.5 cm³/mol. The molecule has 1 heterocycles. The number of amides is 1. The molecule has 0 aromatic rings. The quantitative estimate of drug-likeness (QED) is 0.790. The van der Waals surface area contributed by atoms with Crippen molar-refractivity contribution in [1.82, 2.24) is 10.2 Å². The molecule has 0 aromatic carbocycles. The fraction of sp³-hybridized carbons (Fsp3) is 0.933. The van der Waals surface area contributed by atoms with Crippen molar-refractivity contribution in [2.24, 2.45) is 11.3 Å². The number of piperidine rings is 1. The molecule has 3 nitrogen and oxygen atoms in total. The molecule has 1 fully saturated rings. The van der Waals surface area contributed by atoms with E-state index in [-0.39, 0.29) is 5.41 Å². The molecule has 1 aliphatic rings. The van der Waals surface area contributed by atoms with Crippen molar-refractivity contribution < 1.29 is 4.79 Å². The van der Waals surface area contributed by atoms with Crippen LogP contribution in [0.3, 0.4) is 0 Å². The van der Waals surface area contributed by atoms with Crippen molar-refractivity contribution in [3.05, 3.63) is 0 Å². The zero-order chi connectivity index (χ0) is 13.6. The summed E-state index contributed by atoms with van der Waals surface area (Å²) in [6.07, 6.45) is 4.46. The smallest absolute Gasteiger partial charge is 0.228 e. The summed E-state index contributed by atoms with van der Waals surface area (Å²) in [5, 5.41) is 3.44. The Morgan fingerprint density at radius 3 is 2.61 bits per heavy atom. The number of carbonyl (C=O) groups is 1. The van der Waals surface area contributed by atoms with Crippen molar-refractivity contribution in [1.29, 1.82) is 0 Å². The second-order valence-electron chi connectivity index (χ2n) is 6.20. The summed E-state index contributed by atoms with van der Waals surface area (Å²) in [6, 6.07) is 0. The minimum atomic E-state index is -0.211. The van der Waals surface area contributed by atoms with Gasteiger partial charge in [0.2, 0.25) is 5.91 Å². The Morgan fingerprint density at radius 1 is 1.39 bits per heavy atom. The average Bonchev–Trinajstić information content (AvgIpc) is 2.38. The van der Waals surface area contributed by atoms with E-state index < -0.39 is 0 Å². The Balaban J connectivity index is 2.60.